The summed E-state index contributed by atoms with van der Waals surface area (Å²) in [6.07, 6.45) is 2.07. The summed E-state index contributed by atoms with van der Waals surface area (Å²) in [5, 5.41) is 3.33. The Hall–Kier alpha value is -0.330. The van der Waals surface area contributed by atoms with Gasteiger partial charge in [0.2, 0.25) is 0 Å². The molecule has 1 aliphatic rings. The van der Waals surface area contributed by atoms with Crippen LogP contribution < -0.4 is 5.32 Å². The first kappa shape index (κ1) is 16.7. The molecule has 5 heteroatoms. The Morgan fingerprint density at radius 3 is 2.89 bits per heavy atom. The van der Waals surface area contributed by atoms with Gasteiger partial charge in [0.05, 0.1) is 0 Å². The molecule has 0 bridgehead atoms. The minimum atomic E-state index is 0. The molecule has 1 fully saturated rings. The Balaban J connectivity index is 0.00000180. The number of hydrogen-bond donors (Lipinski definition) is 1. The van der Waals surface area contributed by atoms with Crippen molar-refractivity contribution in [3.05, 3.63) is 33.4 Å². The van der Waals surface area contributed by atoms with Crippen molar-refractivity contribution >= 4 is 40.9 Å². The van der Waals surface area contributed by atoms with E-state index in [4.69, 9.17) is 0 Å². The number of carbonyl (C=O) groups excluding carboxylic acids is 1. The number of benzene rings is 1. The fourth-order valence-electron chi connectivity index (χ4n) is 2.38. The Kier molecular flexibility index (Phi) is 7.10. The third kappa shape index (κ3) is 4.33. The summed E-state index contributed by atoms with van der Waals surface area (Å²) < 4.78 is 1.11. The smallest absolute Gasteiger partial charge is 0.254 e. The molecule has 1 amide bonds. The lowest BCUT2D eigenvalue weighted by Crippen LogP contribution is -2.42. The first-order valence-electron chi connectivity index (χ1n) is 6.49. The van der Waals surface area contributed by atoms with Crippen molar-refractivity contribution in [1.82, 2.24) is 10.2 Å². The second-order valence-corrected chi connectivity index (χ2v) is 5.90. The molecule has 1 heterocycles. The van der Waals surface area contributed by atoms with E-state index in [1.807, 2.05) is 29.2 Å². The number of hydrogen-bond acceptors (Lipinski definition) is 2. The summed E-state index contributed by atoms with van der Waals surface area (Å²) in [6, 6.07) is 8.20. The van der Waals surface area contributed by atoms with E-state index in [2.05, 4.69) is 34.8 Å². The van der Waals surface area contributed by atoms with Crippen LogP contribution in [0.3, 0.4) is 0 Å². The highest BCUT2D eigenvalue weighted by atomic mass is 127. The Bertz CT molecular complexity index is 422. The topological polar surface area (TPSA) is 32.3 Å². The van der Waals surface area contributed by atoms with E-state index < -0.39 is 0 Å². The first-order chi connectivity index (χ1) is 8.72. The van der Waals surface area contributed by atoms with Crippen molar-refractivity contribution in [2.45, 2.75) is 25.8 Å². The van der Waals surface area contributed by atoms with Crippen LogP contribution in [0.1, 0.15) is 30.1 Å². The van der Waals surface area contributed by atoms with E-state index in [0.29, 0.717) is 6.04 Å². The van der Waals surface area contributed by atoms with Gasteiger partial charge in [0, 0.05) is 28.3 Å². The van der Waals surface area contributed by atoms with Crippen LogP contribution in [-0.2, 0) is 0 Å². The predicted octanol–water partition coefficient (Wildman–Crippen LogP) is 2.93. The summed E-state index contributed by atoms with van der Waals surface area (Å²) >= 11 is 2.25. The van der Waals surface area contributed by atoms with Crippen LogP contribution in [0.2, 0.25) is 0 Å². The van der Waals surface area contributed by atoms with E-state index in [1.165, 1.54) is 0 Å². The van der Waals surface area contributed by atoms with Crippen LogP contribution >= 0.6 is 35.0 Å². The second-order valence-electron chi connectivity index (χ2n) is 4.66. The lowest BCUT2D eigenvalue weighted by molar-refractivity contribution is 0.0692. The van der Waals surface area contributed by atoms with Gasteiger partial charge in [0.15, 0.2) is 0 Å². The van der Waals surface area contributed by atoms with Gasteiger partial charge in [-0.3, -0.25) is 4.79 Å². The van der Waals surface area contributed by atoms with Crippen LogP contribution in [0.25, 0.3) is 0 Å². The Labute approximate surface area is 134 Å². The molecule has 1 aromatic carbocycles. The van der Waals surface area contributed by atoms with E-state index in [1.54, 1.807) is 0 Å². The predicted molar refractivity (Wildman–Crippen MR) is 89.0 cm³/mol. The molecular formula is C14H20ClIN2O. The highest BCUT2D eigenvalue weighted by Crippen LogP contribution is 2.16. The maximum absolute atomic E-state index is 12.6. The zero-order valence-electron chi connectivity index (χ0n) is 11.1. The molecule has 1 unspecified atom stereocenters. The molecule has 1 atom stereocenters. The van der Waals surface area contributed by atoms with E-state index in [9.17, 15) is 4.79 Å². The van der Waals surface area contributed by atoms with Crippen LogP contribution in [0.5, 0.6) is 0 Å². The average Bonchev–Trinajstić information content (AvgIpc) is 2.89. The van der Waals surface area contributed by atoms with Gasteiger partial charge in [0.1, 0.15) is 0 Å². The number of rotatable bonds is 4. The molecule has 3 nitrogen and oxygen atoms in total. The zero-order valence-corrected chi connectivity index (χ0v) is 14.0. The van der Waals surface area contributed by atoms with Gasteiger partial charge in [-0.1, -0.05) is 13.0 Å². The zero-order chi connectivity index (χ0) is 13.0. The van der Waals surface area contributed by atoms with Gasteiger partial charge < -0.3 is 10.2 Å². The lowest BCUT2D eigenvalue weighted by atomic mass is 10.1. The van der Waals surface area contributed by atoms with Crippen LogP contribution in [-0.4, -0.2) is 36.5 Å². The molecular weight excluding hydrogens is 375 g/mol. The van der Waals surface area contributed by atoms with Gasteiger partial charge in [-0.2, -0.15) is 0 Å². The minimum Gasteiger partial charge on any atom is -0.334 e. The lowest BCUT2D eigenvalue weighted by Gasteiger charge is -2.28. The standard InChI is InChI=1S/C14H19IN2O.ClH/c1-2-8-17(13-6-7-16-10-13)14(18)11-4-3-5-12(15)9-11;/h3-5,9,13,16H,2,6-8,10H2,1H3;1H. The molecule has 0 radical (unpaired) electrons. The summed E-state index contributed by atoms with van der Waals surface area (Å²) in [5.74, 6) is 0.170. The molecule has 1 saturated heterocycles. The maximum Gasteiger partial charge on any atom is 0.254 e. The van der Waals surface area contributed by atoms with E-state index in [0.717, 1.165) is 41.6 Å². The van der Waals surface area contributed by atoms with Crippen molar-refractivity contribution in [2.75, 3.05) is 19.6 Å². The SMILES string of the molecule is CCCN(C(=O)c1cccc(I)c1)C1CCNC1.Cl. The molecule has 19 heavy (non-hydrogen) atoms. The van der Waals surface area contributed by atoms with E-state index in [-0.39, 0.29) is 18.3 Å². The molecule has 0 spiro atoms. The van der Waals surface area contributed by atoms with Crippen molar-refractivity contribution < 1.29 is 4.79 Å². The molecule has 106 valence electrons. The number of carbonyl (C=O) groups is 1. The van der Waals surface area contributed by atoms with Gasteiger partial charge in [-0.15, -0.1) is 12.4 Å². The fourth-order valence-corrected chi connectivity index (χ4v) is 2.93. The summed E-state index contributed by atoms with van der Waals surface area (Å²) in [4.78, 5) is 14.6. The summed E-state index contributed by atoms with van der Waals surface area (Å²) in [5.41, 5.74) is 0.808. The van der Waals surface area contributed by atoms with Gasteiger partial charge in [-0.25, -0.2) is 0 Å². The van der Waals surface area contributed by atoms with Crippen molar-refractivity contribution in [3.63, 3.8) is 0 Å². The van der Waals surface area contributed by atoms with Crippen molar-refractivity contribution in [3.8, 4) is 0 Å². The van der Waals surface area contributed by atoms with Crippen LogP contribution in [0, 0.1) is 3.57 Å². The summed E-state index contributed by atoms with van der Waals surface area (Å²) in [6.45, 7) is 4.91. The molecule has 1 N–H and O–H groups in total. The fraction of sp³-hybridized carbons (Fsp3) is 0.500. The quantitative estimate of drug-likeness (QED) is 0.797. The van der Waals surface area contributed by atoms with Gasteiger partial charge in [0.25, 0.3) is 5.91 Å². The monoisotopic (exact) mass is 394 g/mol. The third-order valence-corrected chi connectivity index (χ3v) is 3.94. The number of halogens is 2. The number of amides is 1. The largest absolute Gasteiger partial charge is 0.334 e. The number of nitrogens with zero attached hydrogens (tertiary/aromatic N) is 1. The van der Waals surface area contributed by atoms with E-state index >= 15 is 0 Å². The molecule has 0 saturated carbocycles. The highest BCUT2D eigenvalue weighted by Gasteiger charge is 2.26. The second kappa shape index (κ2) is 8.07. The molecule has 2 rings (SSSR count). The minimum absolute atomic E-state index is 0. The molecule has 0 aromatic heterocycles. The average molecular weight is 395 g/mol. The Morgan fingerprint density at radius 2 is 2.32 bits per heavy atom. The summed E-state index contributed by atoms with van der Waals surface area (Å²) in [7, 11) is 0. The highest BCUT2D eigenvalue weighted by molar-refractivity contribution is 14.1. The van der Waals surface area contributed by atoms with Crippen molar-refractivity contribution in [2.24, 2.45) is 0 Å². The maximum atomic E-state index is 12.6. The van der Waals surface area contributed by atoms with Crippen LogP contribution in [0.15, 0.2) is 24.3 Å². The molecule has 1 aromatic rings. The normalized spacial score (nSPS) is 17.9. The van der Waals surface area contributed by atoms with Crippen LogP contribution in [0.4, 0.5) is 0 Å². The van der Waals surface area contributed by atoms with Gasteiger partial charge in [-0.05, 0) is 60.2 Å². The number of nitrogens with one attached hydrogen (secondary N) is 1. The molecule has 0 aliphatic carbocycles. The van der Waals surface area contributed by atoms with Gasteiger partial charge >= 0.3 is 0 Å². The Morgan fingerprint density at radius 1 is 1.53 bits per heavy atom. The molecule has 1 aliphatic heterocycles. The third-order valence-electron chi connectivity index (χ3n) is 3.27. The first-order valence-corrected chi connectivity index (χ1v) is 7.57. The van der Waals surface area contributed by atoms with Crippen molar-refractivity contribution in [1.29, 1.82) is 0 Å².